The zero-order valence-corrected chi connectivity index (χ0v) is 11.4. The van der Waals surface area contributed by atoms with Crippen molar-refractivity contribution in [1.29, 1.82) is 0 Å². The quantitative estimate of drug-likeness (QED) is 0.792. The number of carbonyl (C=O) groups excluding carboxylic acids is 2. The minimum atomic E-state index is -0.841. The number of ether oxygens (including phenoxy) is 1. The predicted octanol–water partition coefficient (Wildman–Crippen LogP) is 0.911. The second-order valence-electron chi connectivity index (χ2n) is 5.16. The van der Waals surface area contributed by atoms with Crippen LogP contribution in [0.2, 0.25) is 0 Å². The molecule has 0 bridgehead atoms. The van der Waals surface area contributed by atoms with Gasteiger partial charge in [0.05, 0.1) is 11.6 Å². The van der Waals surface area contributed by atoms with Gasteiger partial charge in [0.2, 0.25) is 0 Å². The highest BCUT2D eigenvalue weighted by Crippen LogP contribution is 2.08. The lowest BCUT2D eigenvalue weighted by Gasteiger charge is -2.21. The molecule has 1 atom stereocenters. The molecule has 0 saturated heterocycles. The van der Waals surface area contributed by atoms with Gasteiger partial charge < -0.3 is 19.4 Å². The maximum Gasteiger partial charge on any atom is 0.408 e. The monoisotopic (exact) mass is 270 g/mol. The molecule has 1 rings (SSSR count). The van der Waals surface area contributed by atoms with E-state index in [9.17, 15) is 14.4 Å². The number of aromatic amines is 1. The van der Waals surface area contributed by atoms with E-state index in [0.717, 1.165) is 0 Å². The molecule has 0 aliphatic heterocycles. The zero-order valence-electron chi connectivity index (χ0n) is 11.4. The number of aryl methyl sites for hydroxylation is 1. The Morgan fingerprint density at radius 3 is 2.58 bits per heavy atom. The summed E-state index contributed by atoms with van der Waals surface area (Å²) < 4.78 is 9.86. The molecule has 0 aliphatic rings. The van der Waals surface area contributed by atoms with Crippen molar-refractivity contribution in [2.24, 2.45) is 0 Å². The lowest BCUT2D eigenvalue weighted by Crippen LogP contribution is -2.41. The summed E-state index contributed by atoms with van der Waals surface area (Å²) >= 11 is 0. The van der Waals surface area contributed by atoms with Gasteiger partial charge in [-0.2, -0.15) is 5.16 Å². The smallest absolute Gasteiger partial charge is 0.408 e. The van der Waals surface area contributed by atoms with Crippen LogP contribution in [0, 0.1) is 6.92 Å². The summed E-state index contributed by atoms with van der Waals surface area (Å²) in [5.41, 5.74) is -0.732. The average molecular weight is 270 g/mol. The maximum atomic E-state index is 11.5. The van der Waals surface area contributed by atoms with Crippen molar-refractivity contribution >= 4 is 12.4 Å². The standard InChI is InChI=1S/C12H18N2O5/c1-7-9(10(16)14-19-7)5-8(6-15)13-11(17)18-12(2,3)4/h6,8H,5H2,1-4H3,(H,13,17)(H,14,16)/t8-/m0/s1. The van der Waals surface area contributed by atoms with Crippen LogP contribution in [0.25, 0.3) is 0 Å². The van der Waals surface area contributed by atoms with Crippen molar-refractivity contribution in [2.45, 2.75) is 45.8 Å². The number of carbonyl (C=O) groups is 2. The summed E-state index contributed by atoms with van der Waals surface area (Å²) in [7, 11) is 0. The van der Waals surface area contributed by atoms with Gasteiger partial charge in [-0.25, -0.2) is 4.79 Å². The average Bonchev–Trinajstić information content (AvgIpc) is 2.57. The highest BCUT2D eigenvalue weighted by molar-refractivity contribution is 5.73. The largest absolute Gasteiger partial charge is 0.444 e. The first-order valence-corrected chi connectivity index (χ1v) is 5.84. The summed E-state index contributed by atoms with van der Waals surface area (Å²) in [6.07, 6.45) is -0.0990. The molecule has 0 aliphatic carbocycles. The van der Waals surface area contributed by atoms with Gasteiger partial charge in [-0.05, 0) is 27.7 Å². The normalized spacial score (nSPS) is 12.8. The van der Waals surface area contributed by atoms with Crippen molar-refractivity contribution in [1.82, 2.24) is 10.5 Å². The van der Waals surface area contributed by atoms with Crippen molar-refractivity contribution in [3.63, 3.8) is 0 Å². The van der Waals surface area contributed by atoms with Crippen molar-refractivity contribution in [2.75, 3.05) is 0 Å². The highest BCUT2D eigenvalue weighted by atomic mass is 16.6. The van der Waals surface area contributed by atoms with Gasteiger partial charge in [-0.15, -0.1) is 0 Å². The lowest BCUT2D eigenvalue weighted by atomic mass is 10.1. The molecule has 1 aromatic rings. The van der Waals surface area contributed by atoms with E-state index in [-0.39, 0.29) is 6.42 Å². The Bertz CT molecular complexity index is 509. The molecule has 7 heteroatoms. The van der Waals surface area contributed by atoms with E-state index in [4.69, 9.17) is 9.26 Å². The number of alkyl carbamates (subject to hydrolysis) is 1. The first-order chi connectivity index (χ1) is 8.73. The van der Waals surface area contributed by atoms with E-state index in [1.165, 1.54) is 0 Å². The van der Waals surface area contributed by atoms with Gasteiger partial charge in [-0.3, -0.25) is 4.79 Å². The number of rotatable bonds is 4. The van der Waals surface area contributed by atoms with Crippen molar-refractivity contribution in [3.05, 3.63) is 21.7 Å². The van der Waals surface area contributed by atoms with E-state index in [0.29, 0.717) is 17.6 Å². The second-order valence-corrected chi connectivity index (χ2v) is 5.16. The van der Waals surface area contributed by atoms with Gasteiger partial charge in [-0.1, -0.05) is 0 Å². The molecule has 0 radical (unpaired) electrons. The fraction of sp³-hybridized carbons (Fsp3) is 0.583. The molecule has 0 fully saturated rings. The Balaban J connectivity index is 2.68. The molecular weight excluding hydrogens is 252 g/mol. The molecule has 2 N–H and O–H groups in total. The van der Waals surface area contributed by atoms with Gasteiger partial charge >= 0.3 is 6.09 Å². The van der Waals surface area contributed by atoms with Crippen molar-refractivity contribution < 1.29 is 18.8 Å². The number of aromatic nitrogens is 1. The van der Waals surface area contributed by atoms with Crippen LogP contribution in [0.15, 0.2) is 9.32 Å². The first kappa shape index (κ1) is 15.0. The summed E-state index contributed by atoms with van der Waals surface area (Å²) in [5.74, 6) is 0.392. The topological polar surface area (TPSA) is 101 Å². The highest BCUT2D eigenvalue weighted by Gasteiger charge is 2.21. The molecule has 0 unspecified atom stereocenters. The molecule has 0 spiro atoms. The summed E-state index contributed by atoms with van der Waals surface area (Å²) in [6.45, 7) is 6.75. The van der Waals surface area contributed by atoms with Crippen LogP contribution in [-0.4, -0.2) is 29.2 Å². The third kappa shape index (κ3) is 4.61. The number of amides is 1. The molecule has 19 heavy (non-hydrogen) atoms. The van der Waals surface area contributed by atoms with Gasteiger partial charge in [0.25, 0.3) is 5.56 Å². The third-order valence-corrected chi connectivity index (χ3v) is 2.29. The van der Waals surface area contributed by atoms with Crippen LogP contribution in [0.5, 0.6) is 0 Å². The zero-order chi connectivity index (χ0) is 14.6. The number of hydrogen-bond donors (Lipinski definition) is 2. The Kier molecular flexibility index (Phi) is 4.52. The van der Waals surface area contributed by atoms with Crippen LogP contribution < -0.4 is 10.9 Å². The summed E-state index contributed by atoms with van der Waals surface area (Å²) in [6, 6.07) is -0.841. The molecule has 7 nitrogen and oxygen atoms in total. The molecule has 106 valence electrons. The predicted molar refractivity (Wildman–Crippen MR) is 67.0 cm³/mol. The van der Waals surface area contributed by atoms with Gasteiger partial charge in [0, 0.05) is 6.42 Å². The second kappa shape index (κ2) is 5.73. The number of nitrogens with one attached hydrogen (secondary N) is 2. The minimum absolute atomic E-state index is 0.0560. The van der Waals surface area contributed by atoms with E-state index in [1.54, 1.807) is 27.7 Å². The van der Waals surface area contributed by atoms with Crippen molar-refractivity contribution in [3.8, 4) is 0 Å². The fourth-order valence-corrected chi connectivity index (χ4v) is 1.45. The van der Waals surface area contributed by atoms with E-state index in [1.807, 2.05) is 0 Å². The Morgan fingerprint density at radius 1 is 1.53 bits per heavy atom. The maximum absolute atomic E-state index is 11.5. The summed E-state index contributed by atoms with van der Waals surface area (Å²) in [5, 5.41) is 4.56. The van der Waals surface area contributed by atoms with Gasteiger partial charge in [0.15, 0.2) is 0 Å². The number of aldehydes is 1. The Labute approximate surface area is 110 Å². The number of H-pyrrole nitrogens is 1. The van der Waals surface area contributed by atoms with Crippen LogP contribution in [0.1, 0.15) is 32.1 Å². The molecule has 0 aromatic carbocycles. The lowest BCUT2D eigenvalue weighted by molar-refractivity contribution is -0.109. The van der Waals surface area contributed by atoms with Crippen LogP contribution in [0.3, 0.4) is 0 Å². The molecule has 0 saturated carbocycles. The molecule has 1 amide bonds. The van der Waals surface area contributed by atoms with E-state index >= 15 is 0 Å². The molecule has 1 aromatic heterocycles. The minimum Gasteiger partial charge on any atom is -0.444 e. The first-order valence-electron chi connectivity index (χ1n) is 5.84. The Hall–Kier alpha value is -2.05. The van der Waals surface area contributed by atoms with Gasteiger partial charge in [0.1, 0.15) is 17.6 Å². The van der Waals surface area contributed by atoms with Crippen LogP contribution >= 0.6 is 0 Å². The molecule has 1 heterocycles. The fourth-order valence-electron chi connectivity index (χ4n) is 1.45. The SMILES string of the molecule is Cc1o[nH]c(=O)c1C[C@@H](C=O)NC(=O)OC(C)(C)C. The van der Waals surface area contributed by atoms with E-state index < -0.39 is 23.3 Å². The Morgan fingerprint density at radius 2 is 2.16 bits per heavy atom. The number of hydrogen-bond acceptors (Lipinski definition) is 5. The van der Waals surface area contributed by atoms with Crippen LogP contribution in [0.4, 0.5) is 4.79 Å². The third-order valence-electron chi connectivity index (χ3n) is 2.29. The van der Waals surface area contributed by atoms with E-state index in [2.05, 4.69) is 10.5 Å². The molecular formula is C12H18N2O5. The summed E-state index contributed by atoms with van der Waals surface area (Å²) in [4.78, 5) is 33.9. The van der Waals surface area contributed by atoms with Crippen LogP contribution in [-0.2, 0) is 16.0 Å².